The molecule has 1 fully saturated rings. The highest BCUT2D eigenvalue weighted by molar-refractivity contribution is 4.90. The van der Waals surface area contributed by atoms with Crippen LogP contribution in [-0.4, -0.2) is 32.1 Å². The van der Waals surface area contributed by atoms with Crippen LogP contribution in [0.25, 0.3) is 0 Å². The third kappa shape index (κ3) is 4.04. The number of nitrogens with one attached hydrogen (secondary N) is 1. The normalized spacial score (nSPS) is 24.2. The first-order valence-corrected chi connectivity index (χ1v) is 6.56. The van der Waals surface area contributed by atoms with Crippen LogP contribution in [0.15, 0.2) is 0 Å². The van der Waals surface area contributed by atoms with Gasteiger partial charge >= 0.3 is 0 Å². The fraction of sp³-hybridized carbons (Fsp3) is 1.00. The molecule has 1 N–H and O–H groups in total. The standard InChI is InChI=1S/C13H27NO2/c1-5-15-12(16-6-2)10-14-11-8-7-9-13(11,3)4/h11-12,14H,5-10H2,1-4H3. The molecular weight excluding hydrogens is 202 g/mol. The van der Waals surface area contributed by atoms with E-state index in [1.165, 1.54) is 19.3 Å². The van der Waals surface area contributed by atoms with Gasteiger partial charge in [0.2, 0.25) is 0 Å². The lowest BCUT2D eigenvalue weighted by atomic mass is 9.87. The Balaban J connectivity index is 2.30. The van der Waals surface area contributed by atoms with Crippen molar-refractivity contribution in [2.45, 2.75) is 59.3 Å². The van der Waals surface area contributed by atoms with Gasteiger partial charge < -0.3 is 14.8 Å². The van der Waals surface area contributed by atoms with Crippen molar-refractivity contribution in [2.24, 2.45) is 5.41 Å². The molecule has 1 unspecified atom stereocenters. The van der Waals surface area contributed by atoms with Crippen molar-refractivity contribution < 1.29 is 9.47 Å². The maximum absolute atomic E-state index is 5.53. The van der Waals surface area contributed by atoms with Crippen LogP contribution in [0.3, 0.4) is 0 Å². The predicted octanol–water partition coefficient (Wildman–Crippen LogP) is 2.55. The van der Waals surface area contributed by atoms with E-state index < -0.39 is 0 Å². The molecule has 0 bridgehead atoms. The van der Waals surface area contributed by atoms with E-state index in [1.807, 2.05) is 13.8 Å². The molecule has 0 spiro atoms. The topological polar surface area (TPSA) is 30.5 Å². The van der Waals surface area contributed by atoms with Crippen molar-refractivity contribution in [3.05, 3.63) is 0 Å². The van der Waals surface area contributed by atoms with Gasteiger partial charge in [0.05, 0.1) is 0 Å². The molecule has 3 nitrogen and oxygen atoms in total. The molecule has 0 radical (unpaired) electrons. The van der Waals surface area contributed by atoms with Crippen LogP contribution in [0.4, 0.5) is 0 Å². The van der Waals surface area contributed by atoms with Crippen LogP contribution in [0.1, 0.15) is 47.0 Å². The summed E-state index contributed by atoms with van der Waals surface area (Å²) in [5, 5.41) is 3.59. The van der Waals surface area contributed by atoms with Gasteiger partial charge in [-0.2, -0.15) is 0 Å². The molecule has 0 heterocycles. The molecule has 96 valence electrons. The molecule has 1 aliphatic carbocycles. The van der Waals surface area contributed by atoms with Crippen molar-refractivity contribution in [1.82, 2.24) is 5.32 Å². The smallest absolute Gasteiger partial charge is 0.169 e. The number of hydrogen-bond acceptors (Lipinski definition) is 3. The summed E-state index contributed by atoms with van der Waals surface area (Å²) in [7, 11) is 0. The average molecular weight is 229 g/mol. The van der Waals surface area contributed by atoms with Crippen molar-refractivity contribution in [3.8, 4) is 0 Å². The Hall–Kier alpha value is -0.120. The largest absolute Gasteiger partial charge is 0.352 e. The molecule has 0 aliphatic heterocycles. The highest BCUT2D eigenvalue weighted by atomic mass is 16.7. The first kappa shape index (κ1) is 13.9. The summed E-state index contributed by atoms with van der Waals surface area (Å²) in [5.74, 6) is 0. The summed E-state index contributed by atoms with van der Waals surface area (Å²) >= 11 is 0. The number of ether oxygens (including phenoxy) is 2. The minimum absolute atomic E-state index is 0.0913. The minimum Gasteiger partial charge on any atom is -0.352 e. The van der Waals surface area contributed by atoms with E-state index in [2.05, 4.69) is 19.2 Å². The summed E-state index contributed by atoms with van der Waals surface area (Å²) in [6.45, 7) is 10.9. The van der Waals surface area contributed by atoms with E-state index in [0.29, 0.717) is 24.7 Å². The lowest BCUT2D eigenvalue weighted by molar-refractivity contribution is -0.134. The van der Waals surface area contributed by atoms with E-state index in [1.54, 1.807) is 0 Å². The van der Waals surface area contributed by atoms with E-state index >= 15 is 0 Å². The average Bonchev–Trinajstić information content (AvgIpc) is 2.55. The van der Waals surface area contributed by atoms with Gasteiger partial charge in [-0.1, -0.05) is 20.3 Å². The SMILES string of the molecule is CCOC(CNC1CCCC1(C)C)OCC. The molecule has 3 heteroatoms. The molecule has 0 amide bonds. The zero-order valence-corrected chi connectivity index (χ0v) is 11.2. The highest BCUT2D eigenvalue weighted by Crippen LogP contribution is 2.37. The van der Waals surface area contributed by atoms with Gasteiger partial charge in [-0.25, -0.2) is 0 Å². The Labute approximate surface area is 99.9 Å². The molecule has 1 saturated carbocycles. The molecule has 0 saturated heterocycles. The maximum atomic E-state index is 5.53. The van der Waals surface area contributed by atoms with Crippen LogP contribution < -0.4 is 5.32 Å². The van der Waals surface area contributed by atoms with Gasteiger partial charge in [-0.15, -0.1) is 0 Å². The van der Waals surface area contributed by atoms with E-state index in [4.69, 9.17) is 9.47 Å². The summed E-state index contributed by atoms with van der Waals surface area (Å²) < 4.78 is 11.1. The molecule has 16 heavy (non-hydrogen) atoms. The summed E-state index contributed by atoms with van der Waals surface area (Å²) in [4.78, 5) is 0. The Bertz CT molecular complexity index is 188. The first-order valence-electron chi connectivity index (χ1n) is 6.56. The minimum atomic E-state index is -0.0913. The summed E-state index contributed by atoms with van der Waals surface area (Å²) in [5.41, 5.74) is 0.420. The van der Waals surface area contributed by atoms with Gasteiger partial charge in [0.15, 0.2) is 6.29 Å². The second-order valence-corrected chi connectivity index (χ2v) is 5.18. The van der Waals surface area contributed by atoms with Gasteiger partial charge in [-0.3, -0.25) is 0 Å². The Morgan fingerprint density at radius 1 is 1.25 bits per heavy atom. The van der Waals surface area contributed by atoms with Crippen LogP contribution in [-0.2, 0) is 9.47 Å². The fourth-order valence-corrected chi connectivity index (χ4v) is 2.48. The molecule has 1 rings (SSSR count). The van der Waals surface area contributed by atoms with E-state index in [0.717, 1.165) is 6.54 Å². The first-order chi connectivity index (χ1) is 7.60. The van der Waals surface area contributed by atoms with E-state index in [9.17, 15) is 0 Å². The number of rotatable bonds is 7. The molecule has 0 aromatic rings. The van der Waals surface area contributed by atoms with Gasteiger partial charge in [0.25, 0.3) is 0 Å². The summed E-state index contributed by atoms with van der Waals surface area (Å²) in [6.07, 6.45) is 3.83. The third-order valence-corrected chi connectivity index (χ3v) is 3.49. The molecule has 0 aromatic heterocycles. The van der Waals surface area contributed by atoms with Gasteiger partial charge in [-0.05, 0) is 32.1 Å². The van der Waals surface area contributed by atoms with Crippen LogP contribution in [0.5, 0.6) is 0 Å². The lowest BCUT2D eigenvalue weighted by Crippen LogP contribution is -2.43. The Morgan fingerprint density at radius 2 is 1.88 bits per heavy atom. The van der Waals surface area contributed by atoms with Crippen molar-refractivity contribution in [3.63, 3.8) is 0 Å². The third-order valence-electron chi connectivity index (χ3n) is 3.49. The second kappa shape index (κ2) is 6.58. The van der Waals surface area contributed by atoms with Crippen molar-refractivity contribution in [1.29, 1.82) is 0 Å². The lowest BCUT2D eigenvalue weighted by Gasteiger charge is -2.29. The Morgan fingerprint density at radius 3 is 2.31 bits per heavy atom. The monoisotopic (exact) mass is 229 g/mol. The molecule has 1 aliphatic rings. The zero-order chi connectivity index (χ0) is 12.0. The second-order valence-electron chi connectivity index (χ2n) is 5.18. The van der Waals surface area contributed by atoms with Gasteiger partial charge in [0, 0.05) is 25.8 Å². The number of hydrogen-bond donors (Lipinski definition) is 1. The molecular formula is C13H27NO2. The van der Waals surface area contributed by atoms with Gasteiger partial charge in [0.1, 0.15) is 0 Å². The predicted molar refractivity (Wildman–Crippen MR) is 66.5 cm³/mol. The van der Waals surface area contributed by atoms with Crippen LogP contribution in [0.2, 0.25) is 0 Å². The van der Waals surface area contributed by atoms with E-state index in [-0.39, 0.29) is 6.29 Å². The van der Waals surface area contributed by atoms with Crippen molar-refractivity contribution in [2.75, 3.05) is 19.8 Å². The Kier molecular flexibility index (Phi) is 5.73. The fourth-order valence-electron chi connectivity index (χ4n) is 2.48. The van der Waals surface area contributed by atoms with Crippen LogP contribution in [0, 0.1) is 5.41 Å². The van der Waals surface area contributed by atoms with Crippen molar-refractivity contribution >= 4 is 0 Å². The molecule has 1 atom stereocenters. The quantitative estimate of drug-likeness (QED) is 0.681. The maximum Gasteiger partial charge on any atom is 0.169 e. The highest BCUT2D eigenvalue weighted by Gasteiger charge is 2.34. The summed E-state index contributed by atoms with van der Waals surface area (Å²) in [6, 6.07) is 0.607. The molecule has 0 aromatic carbocycles. The van der Waals surface area contributed by atoms with Crippen LogP contribution >= 0.6 is 0 Å². The zero-order valence-electron chi connectivity index (χ0n) is 11.2.